The molecule has 4 rings (SSSR count). The Hall–Kier alpha value is -2.51. The van der Waals surface area contributed by atoms with E-state index in [4.69, 9.17) is 15.1 Å². The topological polar surface area (TPSA) is 75.9 Å². The quantitative estimate of drug-likeness (QED) is 0.572. The molecule has 7 heteroatoms. The van der Waals surface area contributed by atoms with Crippen molar-refractivity contribution >= 4 is 38.4 Å². The van der Waals surface area contributed by atoms with Crippen LogP contribution in [0.25, 0.3) is 32.6 Å². The number of nitrogens with one attached hydrogen (secondary N) is 1. The second kappa shape index (κ2) is 6.42. The number of anilines is 1. The zero-order valence-corrected chi connectivity index (χ0v) is 14.9. The summed E-state index contributed by atoms with van der Waals surface area (Å²) in [6.07, 6.45) is 1.80. The number of hydrogen-bond acceptors (Lipinski definition) is 6. The van der Waals surface area contributed by atoms with E-state index in [9.17, 15) is 0 Å². The van der Waals surface area contributed by atoms with E-state index in [1.54, 1.807) is 17.7 Å². The van der Waals surface area contributed by atoms with E-state index < -0.39 is 0 Å². The fraction of sp³-hybridized carbons (Fsp3) is 0.278. The van der Waals surface area contributed by atoms with Gasteiger partial charge in [-0.05, 0) is 19.9 Å². The number of benzene rings is 1. The second-order valence-corrected chi connectivity index (χ2v) is 7.02. The Labute approximate surface area is 149 Å². The molecule has 25 heavy (non-hydrogen) atoms. The largest absolute Gasteiger partial charge is 0.395 e. The third kappa shape index (κ3) is 2.75. The molecule has 3 aromatic heterocycles. The summed E-state index contributed by atoms with van der Waals surface area (Å²) in [6.45, 7) is 4.66. The fourth-order valence-electron chi connectivity index (χ4n) is 2.86. The maximum Gasteiger partial charge on any atom is 0.166 e. The number of aromatic nitrogens is 4. The van der Waals surface area contributed by atoms with Crippen LogP contribution in [0, 0.1) is 0 Å². The summed E-state index contributed by atoms with van der Waals surface area (Å²) >= 11 is 1.69. The first kappa shape index (κ1) is 16.0. The Morgan fingerprint density at radius 3 is 2.88 bits per heavy atom. The summed E-state index contributed by atoms with van der Waals surface area (Å²) in [5.74, 6) is 1.33. The van der Waals surface area contributed by atoms with Gasteiger partial charge in [-0.15, -0.1) is 11.3 Å². The van der Waals surface area contributed by atoms with Crippen LogP contribution in [-0.2, 0) is 0 Å². The maximum absolute atomic E-state index is 9.16. The first-order chi connectivity index (χ1) is 12.2. The van der Waals surface area contributed by atoms with Crippen molar-refractivity contribution in [2.75, 3.05) is 18.5 Å². The van der Waals surface area contributed by atoms with Crippen LogP contribution in [-0.4, -0.2) is 37.8 Å². The zero-order chi connectivity index (χ0) is 17.4. The molecule has 0 radical (unpaired) electrons. The molecule has 128 valence electrons. The lowest BCUT2D eigenvalue weighted by Gasteiger charge is -2.10. The van der Waals surface area contributed by atoms with Crippen molar-refractivity contribution < 1.29 is 5.11 Å². The van der Waals surface area contributed by atoms with Gasteiger partial charge in [0.05, 0.1) is 12.9 Å². The molecule has 0 aliphatic carbocycles. The van der Waals surface area contributed by atoms with Gasteiger partial charge in [0.1, 0.15) is 5.52 Å². The van der Waals surface area contributed by atoms with Crippen LogP contribution in [0.1, 0.15) is 19.9 Å². The number of fused-ring (bicyclic) bond motifs is 2. The Kier molecular flexibility index (Phi) is 4.10. The Bertz CT molecular complexity index is 1040. The number of hydrogen-bond donors (Lipinski definition) is 2. The Morgan fingerprint density at radius 1 is 1.24 bits per heavy atom. The standard InChI is InChI=1S/C18H19N5OS/c1-11(2)23-10-20-15-17(19-7-8-24)21-16(22-18(15)23)13-9-25-14-6-4-3-5-12(13)14/h3-6,9-11,24H,7-8H2,1-2H3,(H,19,21,22). The first-order valence-electron chi connectivity index (χ1n) is 8.25. The van der Waals surface area contributed by atoms with Crippen LogP contribution in [0.4, 0.5) is 5.82 Å². The van der Waals surface area contributed by atoms with Gasteiger partial charge in [-0.2, -0.15) is 0 Å². The number of aliphatic hydroxyl groups excluding tert-OH is 1. The highest BCUT2D eigenvalue weighted by Crippen LogP contribution is 2.34. The molecule has 0 unspecified atom stereocenters. The predicted octanol–water partition coefficient (Wildman–Crippen LogP) is 3.69. The fourth-order valence-corrected chi connectivity index (χ4v) is 3.80. The van der Waals surface area contributed by atoms with Crippen LogP contribution in [0.3, 0.4) is 0 Å². The maximum atomic E-state index is 9.16. The summed E-state index contributed by atoms with van der Waals surface area (Å²) in [5, 5.41) is 15.6. The van der Waals surface area contributed by atoms with Gasteiger partial charge >= 0.3 is 0 Å². The lowest BCUT2D eigenvalue weighted by atomic mass is 10.1. The van der Waals surface area contributed by atoms with Crippen LogP contribution >= 0.6 is 11.3 Å². The van der Waals surface area contributed by atoms with Gasteiger partial charge in [-0.25, -0.2) is 15.0 Å². The van der Waals surface area contributed by atoms with Crippen molar-refractivity contribution in [3.63, 3.8) is 0 Å². The highest BCUT2D eigenvalue weighted by molar-refractivity contribution is 7.17. The van der Waals surface area contributed by atoms with Crippen molar-refractivity contribution in [1.29, 1.82) is 0 Å². The highest BCUT2D eigenvalue weighted by Gasteiger charge is 2.17. The van der Waals surface area contributed by atoms with Crippen LogP contribution in [0.5, 0.6) is 0 Å². The molecule has 0 fully saturated rings. The van der Waals surface area contributed by atoms with E-state index >= 15 is 0 Å². The van der Waals surface area contributed by atoms with Gasteiger partial charge in [-0.3, -0.25) is 0 Å². The minimum atomic E-state index is 0.0348. The number of imidazole rings is 1. The highest BCUT2D eigenvalue weighted by atomic mass is 32.1. The molecule has 4 aromatic rings. The van der Waals surface area contributed by atoms with Gasteiger partial charge < -0.3 is 15.0 Å². The van der Waals surface area contributed by atoms with Gasteiger partial charge in [0.25, 0.3) is 0 Å². The van der Waals surface area contributed by atoms with E-state index in [0.717, 1.165) is 22.1 Å². The summed E-state index contributed by atoms with van der Waals surface area (Å²) in [7, 11) is 0. The summed E-state index contributed by atoms with van der Waals surface area (Å²) in [5.41, 5.74) is 2.55. The molecular formula is C18H19N5OS. The van der Waals surface area contributed by atoms with Crippen LogP contribution in [0.15, 0.2) is 36.0 Å². The van der Waals surface area contributed by atoms with Gasteiger partial charge in [0, 0.05) is 33.6 Å². The van der Waals surface area contributed by atoms with Gasteiger partial charge in [-0.1, -0.05) is 18.2 Å². The van der Waals surface area contributed by atoms with E-state index in [2.05, 4.69) is 41.7 Å². The van der Waals surface area contributed by atoms with Crippen molar-refractivity contribution in [3.05, 3.63) is 36.0 Å². The average Bonchev–Trinajstić information content (AvgIpc) is 3.23. The summed E-state index contributed by atoms with van der Waals surface area (Å²) < 4.78 is 3.25. The second-order valence-electron chi connectivity index (χ2n) is 6.11. The van der Waals surface area contributed by atoms with E-state index in [1.165, 1.54) is 4.70 Å². The van der Waals surface area contributed by atoms with Crippen molar-refractivity contribution in [3.8, 4) is 11.4 Å². The zero-order valence-electron chi connectivity index (χ0n) is 14.1. The molecule has 1 aromatic carbocycles. The molecule has 3 heterocycles. The molecule has 0 spiro atoms. The predicted molar refractivity (Wildman–Crippen MR) is 102 cm³/mol. The molecule has 6 nitrogen and oxygen atoms in total. The SMILES string of the molecule is CC(C)n1cnc2c(NCCO)nc(-c3csc4ccccc34)nc21. The molecule has 0 saturated carbocycles. The smallest absolute Gasteiger partial charge is 0.166 e. The van der Waals surface area contributed by atoms with Crippen molar-refractivity contribution in [1.82, 2.24) is 19.5 Å². The third-order valence-corrected chi connectivity index (χ3v) is 5.07. The van der Waals surface area contributed by atoms with Crippen molar-refractivity contribution in [2.45, 2.75) is 19.9 Å². The number of aliphatic hydroxyl groups is 1. The molecule has 0 amide bonds. The molecule has 0 aliphatic heterocycles. The van der Waals surface area contributed by atoms with Crippen LogP contribution in [0.2, 0.25) is 0 Å². The van der Waals surface area contributed by atoms with Crippen LogP contribution < -0.4 is 5.32 Å². The molecule has 0 saturated heterocycles. The third-order valence-electron chi connectivity index (χ3n) is 4.10. The lowest BCUT2D eigenvalue weighted by molar-refractivity contribution is 0.311. The molecule has 0 atom stereocenters. The lowest BCUT2D eigenvalue weighted by Crippen LogP contribution is -2.09. The minimum absolute atomic E-state index is 0.0348. The van der Waals surface area contributed by atoms with E-state index in [-0.39, 0.29) is 12.6 Å². The van der Waals surface area contributed by atoms with E-state index in [1.807, 2.05) is 16.7 Å². The number of thiophene rings is 1. The monoisotopic (exact) mass is 353 g/mol. The summed E-state index contributed by atoms with van der Waals surface area (Å²) in [4.78, 5) is 14.0. The Morgan fingerprint density at radius 2 is 2.08 bits per heavy atom. The van der Waals surface area contributed by atoms with E-state index in [0.29, 0.717) is 18.2 Å². The molecular weight excluding hydrogens is 334 g/mol. The number of nitrogens with zero attached hydrogens (tertiary/aromatic N) is 4. The normalized spacial score (nSPS) is 11.7. The van der Waals surface area contributed by atoms with Gasteiger partial charge in [0.15, 0.2) is 17.3 Å². The average molecular weight is 353 g/mol. The molecule has 0 aliphatic rings. The number of rotatable bonds is 5. The summed E-state index contributed by atoms with van der Waals surface area (Å²) in [6, 6.07) is 8.51. The van der Waals surface area contributed by atoms with Crippen molar-refractivity contribution in [2.24, 2.45) is 0 Å². The van der Waals surface area contributed by atoms with Gasteiger partial charge in [0.2, 0.25) is 0 Å². The first-order valence-corrected chi connectivity index (χ1v) is 9.13. The minimum Gasteiger partial charge on any atom is -0.395 e. The molecule has 2 N–H and O–H groups in total. The Balaban J connectivity index is 1.95. The molecule has 0 bridgehead atoms.